The molecule has 3 aromatic rings. The molecular weight excluding hydrogens is 276 g/mol. The number of para-hydroxylation sites is 2. The first-order chi connectivity index (χ1) is 9.90. The van der Waals surface area contributed by atoms with Crippen LogP contribution in [0, 0.1) is 0 Å². The van der Waals surface area contributed by atoms with E-state index in [0.29, 0.717) is 18.3 Å². The fraction of sp³-hybridized carbons (Fsp3) is 0.154. The van der Waals surface area contributed by atoms with Crippen molar-refractivity contribution in [2.24, 2.45) is 0 Å². The van der Waals surface area contributed by atoms with Crippen LogP contribution in [0.15, 0.2) is 40.5 Å². The average Bonchev–Trinajstić information content (AvgIpc) is 3.17. The highest BCUT2D eigenvalue weighted by atomic mass is 32.1. The van der Waals surface area contributed by atoms with E-state index >= 15 is 0 Å². The highest BCUT2D eigenvalue weighted by Gasteiger charge is 2.26. The van der Waals surface area contributed by atoms with Crippen LogP contribution in [0.25, 0.3) is 10.7 Å². The van der Waals surface area contributed by atoms with Gasteiger partial charge in [-0.1, -0.05) is 17.3 Å². The SMILES string of the molecule is c1ccc2c(c1)NCC(c1nc(-c3cncs3)no1)O2. The second-order valence-electron chi connectivity index (χ2n) is 4.31. The lowest BCUT2D eigenvalue weighted by Gasteiger charge is -2.24. The largest absolute Gasteiger partial charge is 0.477 e. The summed E-state index contributed by atoms with van der Waals surface area (Å²) in [4.78, 5) is 9.26. The average molecular weight is 286 g/mol. The summed E-state index contributed by atoms with van der Waals surface area (Å²) in [5.41, 5.74) is 2.71. The maximum Gasteiger partial charge on any atom is 0.269 e. The van der Waals surface area contributed by atoms with Crippen molar-refractivity contribution < 1.29 is 9.26 Å². The fourth-order valence-electron chi connectivity index (χ4n) is 2.04. The van der Waals surface area contributed by atoms with Crippen molar-refractivity contribution in [2.75, 3.05) is 11.9 Å². The summed E-state index contributed by atoms with van der Waals surface area (Å²) in [6.07, 6.45) is 1.44. The van der Waals surface area contributed by atoms with E-state index in [1.54, 1.807) is 11.7 Å². The van der Waals surface area contributed by atoms with E-state index in [4.69, 9.17) is 9.26 Å². The Kier molecular flexibility index (Phi) is 2.63. The monoisotopic (exact) mass is 286 g/mol. The third-order valence-electron chi connectivity index (χ3n) is 3.00. The van der Waals surface area contributed by atoms with Crippen LogP contribution in [0.5, 0.6) is 5.75 Å². The number of rotatable bonds is 2. The number of nitrogens with one attached hydrogen (secondary N) is 1. The summed E-state index contributed by atoms with van der Waals surface area (Å²) in [6, 6.07) is 7.78. The number of aromatic nitrogens is 3. The Morgan fingerprint density at radius 2 is 2.25 bits per heavy atom. The molecule has 6 nitrogen and oxygen atoms in total. The molecule has 1 atom stereocenters. The minimum atomic E-state index is -0.279. The van der Waals surface area contributed by atoms with Crippen LogP contribution in [0.4, 0.5) is 5.69 Å². The van der Waals surface area contributed by atoms with Crippen molar-refractivity contribution in [3.05, 3.63) is 41.9 Å². The van der Waals surface area contributed by atoms with Crippen molar-refractivity contribution in [3.63, 3.8) is 0 Å². The van der Waals surface area contributed by atoms with Gasteiger partial charge in [0, 0.05) is 6.20 Å². The Hall–Kier alpha value is -2.41. The molecule has 1 aliphatic heterocycles. The number of hydrogen-bond acceptors (Lipinski definition) is 7. The molecule has 0 radical (unpaired) electrons. The molecule has 0 bridgehead atoms. The molecule has 2 aromatic heterocycles. The third-order valence-corrected chi connectivity index (χ3v) is 3.77. The number of ether oxygens (including phenoxy) is 1. The van der Waals surface area contributed by atoms with Crippen LogP contribution >= 0.6 is 11.3 Å². The van der Waals surface area contributed by atoms with E-state index in [1.165, 1.54) is 11.3 Å². The number of anilines is 1. The molecular formula is C13H10N4O2S. The predicted molar refractivity (Wildman–Crippen MR) is 73.7 cm³/mol. The van der Waals surface area contributed by atoms with Crippen LogP contribution in [0.2, 0.25) is 0 Å². The lowest BCUT2D eigenvalue weighted by Crippen LogP contribution is -2.23. The molecule has 1 unspecified atom stereocenters. The van der Waals surface area contributed by atoms with Gasteiger partial charge in [-0.05, 0) is 12.1 Å². The van der Waals surface area contributed by atoms with E-state index in [0.717, 1.165) is 16.3 Å². The lowest BCUT2D eigenvalue weighted by molar-refractivity contribution is 0.163. The molecule has 0 fully saturated rings. The van der Waals surface area contributed by atoms with Gasteiger partial charge in [-0.2, -0.15) is 4.98 Å². The summed E-state index contributed by atoms with van der Waals surface area (Å²) in [5.74, 6) is 1.81. The summed E-state index contributed by atoms with van der Waals surface area (Å²) >= 11 is 1.47. The molecule has 100 valence electrons. The second-order valence-corrected chi connectivity index (χ2v) is 5.19. The van der Waals surface area contributed by atoms with Gasteiger partial charge in [-0.15, -0.1) is 11.3 Å². The molecule has 1 aliphatic rings. The Morgan fingerprint density at radius 1 is 1.30 bits per heavy atom. The minimum Gasteiger partial charge on any atom is -0.477 e. The van der Waals surface area contributed by atoms with Crippen molar-refractivity contribution >= 4 is 17.0 Å². The topological polar surface area (TPSA) is 73.1 Å². The molecule has 4 rings (SSSR count). The molecule has 0 saturated carbocycles. The van der Waals surface area contributed by atoms with Crippen LogP contribution in [-0.4, -0.2) is 21.7 Å². The maximum atomic E-state index is 5.88. The zero-order chi connectivity index (χ0) is 13.4. The predicted octanol–water partition coefficient (Wildman–Crippen LogP) is 2.74. The number of hydrogen-bond donors (Lipinski definition) is 1. The molecule has 7 heteroatoms. The third kappa shape index (κ3) is 1.92. The minimum absolute atomic E-state index is 0.279. The molecule has 0 aliphatic carbocycles. The Morgan fingerprint density at radius 3 is 3.15 bits per heavy atom. The molecule has 3 heterocycles. The van der Waals surface area contributed by atoms with Crippen LogP contribution < -0.4 is 10.1 Å². The molecule has 1 N–H and O–H groups in total. The second kappa shape index (κ2) is 4.61. The van der Waals surface area contributed by atoms with E-state index in [2.05, 4.69) is 20.4 Å². The number of benzene rings is 1. The van der Waals surface area contributed by atoms with Gasteiger partial charge in [0.25, 0.3) is 5.89 Å². The van der Waals surface area contributed by atoms with Gasteiger partial charge in [0.1, 0.15) is 5.75 Å². The zero-order valence-corrected chi connectivity index (χ0v) is 11.1. The Bertz CT molecular complexity index is 726. The maximum absolute atomic E-state index is 5.88. The highest BCUT2D eigenvalue weighted by Crippen LogP contribution is 2.33. The van der Waals surface area contributed by atoms with Crippen LogP contribution in [0.1, 0.15) is 12.0 Å². The normalized spacial score (nSPS) is 17.1. The smallest absolute Gasteiger partial charge is 0.269 e. The molecule has 0 amide bonds. The van der Waals surface area contributed by atoms with Crippen molar-refractivity contribution in [3.8, 4) is 16.5 Å². The zero-order valence-electron chi connectivity index (χ0n) is 10.3. The first-order valence-corrected chi connectivity index (χ1v) is 7.00. The number of nitrogens with zero attached hydrogens (tertiary/aromatic N) is 3. The Labute approximate surface area is 118 Å². The van der Waals surface area contributed by atoms with Gasteiger partial charge in [0.15, 0.2) is 6.10 Å². The van der Waals surface area contributed by atoms with Crippen LogP contribution in [0.3, 0.4) is 0 Å². The first-order valence-electron chi connectivity index (χ1n) is 6.12. The molecule has 0 spiro atoms. The summed E-state index contributed by atoms with van der Waals surface area (Å²) in [7, 11) is 0. The highest BCUT2D eigenvalue weighted by molar-refractivity contribution is 7.13. The van der Waals surface area contributed by atoms with Gasteiger partial charge in [-0.25, -0.2) is 0 Å². The van der Waals surface area contributed by atoms with E-state index in [9.17, 15) is 0 Å². The first kappa shape index (κ1) is 11.4. The van der Waals surface area contributed by atoms with Gasteiger partial charge >= 0.3 is 0 Å². The quantitative estimate of drug-likeness (QED) is 0.781. The molecule has 0 saturated heterocycles. The molecule has 1 aromatic carbocycles. The van der Waals surface area contributed by atoms with Gasteiger partial charge in [0.2, 0.25) is 5.82 Å². The number of thiazole rings is 1. The van der Waals surface area contributed by atoms with Gasteiger partial charge in [0.05, 0.1) is 22.6 Å². The summed E-state index contributed by atoms with van der Waals surface area (Å²) < 4.78 is 11.2. The van der Waals surface area contributed by atoms with Crippen molar-refractivity contribution in [2.45, 2.75) is 6.10 Å². The number of fused-ring (bicyclic) bond motifs is 1. The fourth-order valence-corrected chi connectivity index (χ4v) is 2.59. The van der Waals surface area contributed by atoms with Gasteiger partial charge < -0.3 is 14.6 Å². The van der Waals surface area contributed by atoms with Crippen molar-refractivity contribution in [1.82, 2.24) is 15.1 Å². The van der Waals surface area contributed by atoms with E-state index in [-0.39, 0.29) is 6.10 Å². The Balaban J connectivity index is 1.60. The van der Waals surface area contributed by atoms with Gasteiger partial charge in [-0.3, -0.25) is 4.98 Å². The summed E-state index contributed by atoms with van der Waals surface area (Å²) in [5, 5.41) is 7.26. The molecule has 20 heavy (non-hydrogen) atoms. The van der Waals surface area contributed by atoms with Crippen molar-refractivity contribution in [1.29, 1.82) is 0 Å². The van der Waals surface area contributed by atoms with E-state index < -0.39 is 0 Å². The summed E-state index contributed by atoms with van der Waals surface area (Å²) in [6.45, 7) is 0.599. The standard InChI is InChI=1S/C13H10N4O2S/c1-2-4-9-8(3-1)15-5-10(18-9)13-16-12(17-19-13)11-6-14-7-20-11/h1-4,6-7,10,15H,5H2. The lowest BCUT2D eigenvalue weighted by atomic mass is 10.2. The van der Waals surface area contributed by atoms with Crippen LogP contribution in [-0.2, 0) is 0 Å². The van der Waals surface area contributed by atoms with E-state index in [1.807, 2.05) is 24.3 Å².